The van der Waals surface area contributed by atoms with E-state index in [4.69, 9.17) is 21.3 Å². The van der Waals surface area contributed by atoms with Crippen LogP contribution in [0.15, 0.2) is 6.33 Å². The number of phosphoric ester groups is 1. The predicted molar refractivity (Wildman–Crippen MR) is 72.3 cm³/mol. The van der Waals surface area contributed by atoms with Gasteiger partial charge in [-0.15, -0.1) is 0 Å². The van der Waals surface area contributed by atoms with Crippen LogP contribution in [0.4, 0.5) is 5.82 Å². The summed E-state index contributed by atoms with van der Waals surface area (Å²) in [5, 5.41) is 20.0. The van der Waals surface area contributed by atoms with E-state index in [-0.39, 0.29) is 17.9 Å². The monoisotopic (exact) mass is 336 g/mol. The van der Waals surface area contributed by atoms with E-state index in [0.29, 0.717) is 0 Å². The molecule has 0 saturated heterocycles. The van der Waals surface area contributed by atoms with E-state index in [0.717, 1.165) is 0 Å². The molecular weight excluding hydrogens is 319 g/mol. The molecule has 1 aromatic rings. The van der Waals surface area contributed by atoms with Crippen LogP contribution in [0.2, 0.25) is 0 Å². The highest BCUT2D eigenvalue weighted by atomic mass is 31.2. The van der Waals surface area contributed by atoms with Gasteiger partial charge in [0.05, 0.1) is 25.1 Å². The molecule has 1 aliphatic rings. The maximum absolute atomic E-state index is 11.1. The molecule has 11 nitrogen and oxygen atoms in total. The van der Waals surface area contributed by atoms with Crippen molar-refractivity contribution in [2.24, 2.45) is 11.7 Å². The lowest BCUT2D eigenvalue weighted by Crippen LogP contribution is -2.31. The predicted octanol–water partition coefficient (Wildman–Crippen LogP) is -2.04. The highest BCUT2D eigenvalue weighted by Crippen LogP contribution is 2.41. The summed E-state index contributed by atoms with van der Waals surface area (Å²) in [6.45, 7) is -0.434. The minimum absolute atomic E-state index is 0.0553. The van der Waals surface area contributed by atoms with Crippen molar-refractivity contribution in [1.82, 2.24) is 9.55 Å². The molecule has 1 aliphatic carbocycles. The molecule has 1 fully saturated rings. The van der Waals surface area contributed by atoms with Crippen LogP contribution in [0, 0.1) is 5.92 Å². The molecular formula is C10H17N4O7P. The fourth-order valence-corrected chi connectivity index (χ4v) is 2.94. The summed E-state index contributed by atoms with van der Waals surface area (Å²) < 4.78 is 16.4. The Bertz CT molecular complexity index is 614. The normalized spacial score (nSPS) is 28.9. The summed E-state index contributed by atoms with van der Waals surface area (Å²) in [7, 11) is -4.67. The zero-order valence-corrected chi connectivity index (χ0v) is 12.2. The molecule has 2 rings (SSSR count). The average Bonchev–Trinajstić information content (AvgIpc) is 2.90. The third-order valence-corrected chi connectivity index (χ3v) is 4.14. The van der Waals surface area contributed by atoms with Gasteiger partial charge in [0.25, 0.3) is 5.91 Å². The topological polar surface area (TPSA) is 194 Å². The molecule has 0 aromatic carbocycles. The van der Waals surface area contributed by atoms with Crippen LogP contribution in [-0.4, -0.2) is 54.3 Å². The molecule has 1 heterocycles. The first-order valence-electron chi connectivity index (χ1n) is 6.30. The smallest absolute Gasteiger partial charge is 0.390 e. The number of nitrogens with zero attached hydrogens (tertiary/aromatic N) is 2. The lowest BCUT2D eigenvalue weighted by atomic mass is 10.1. The number of primary amides is 1. The Kier molecular flexibility index (Phi) is 4.57. The summed E-state index contributed by atoms with van der Waals surface area (Å²) in [4.78, 5) is 32.2. The second-order valence-corrected chi connectivity index (χ2v) is 6.32. The number of aromatic nitrogens is 2. The quantitative estimate of drug-likeness (QED) is 0.328. The number of nitrogens with two attached hydrogens (primary N) is 2. The van der Waals surface area contributed by atoms with Gasteiger partial charge >= 0.3 is 7.82 Å². The van der Waals surface area contributed by atoms with Crippen molar-refractivity contribution >= 4 is 19.5 Å². The van der Waals surface area contributed by atoms with Crippen LogP contribution in [0.25, 0.3) is 0 Å². The Balaban J connectivity index is 2.16. The fourth-order valence-electron chi connectivity index (χ4n) is 2.56. The van der Waals surface area contributed by atoms with E-state index in [1.54, 1.807) is 0 Å². The highest BCUT2D eigenvalue weighted by molar-refractivity contribution is 7.46. The summed E-state index contributed by atoms with van der Waals surface area (Å²) in [6, 6.07) is -0.721. The van der Waals surface area contributed by atoms with Gasteiger partial charge in [0.15, 0.2) is 5.69 Å². The number of amides is 1. The Hall–Kier alpha value is -1.49. The number of aliphatic hydroxyl groups is 2. The molecule has 1 amide bonds. The van der Waals surface area contributed by atoms with Crippen molar-refractivity contribution in [2.75, 3.05) is 12.3 Å². The SMILES string of the molecule is NC(=O)c1ncn([C@@H]2C[C@H](COP(=O)(O)O)[C@@H](O)[C@H]2O)c1N. The van der Waals surface area contributed by atoms with E-state index >= 15 is 0 Å². The molecule has 0 bridgehead atoms. The maximum atomic E-state index is 11.1. The van der Waals surface area contributed by atoms with E-state index in [1.807, 2.05) is 0 Å². The molecule has 0 spiro atoms. The first kappa shape index (κ1) is 16.9. The fraction of sp³-hybridized carbons (Fsp3) is 0.600. The summed E-state index contributed by atoms with van der Waals surface area (Å²) in [6.07, 6.45) is -1.19. The molecule has 0 radical (unpaired) electrons. The molecule has 12 heteroatoms. The van der Waals surface area contributed by atoms with Crippen LogP contribution < -0.4 is 11.5 Å². The van der Waals surface area contributed by atoms with Crippen LogP contribution in [-0.2, 0) is 9.09 Å². The molecule has 22 heavy (non-hydrogen) atoms. The Labute approximate surface area is 124 Å². The number of phosphoric acid groups is 1. The van der Waals surface area contributed by atoms with Crippen LogP contribution >= 0.6 is 7.82 Å². The van der Waals surface area contributed by atoms with Gasteiger partial charge in [-0.25, -0.2) is 9.55 Å². The summed E-state index contributed by atoms with van der Waals surface area (Å²) in [5.41, 5.74) is 10.7. The number of rotatable bonds is 5. The van der Waals surface area contributed by atoms with Crippen molar-refractivity contribution in [1.29, 1.82) is 0 Å². The zero-order valence-electron chi connectivity index (χ0n) is 11.3. The minimum Gasteiger partial charge on any atom is -0.390 e. The van der Waals surface area contributed by atoms with E-state index in [1.165, 1.54) is 10.9 Å². The van der Waals surface area contributed by atoms with Crippen molar-refractivity contribution in [3.05, 3.63) is 12.0 Å². The van der Waals surface area contributed by atoms with Crippen LogP contribution in [0.3, 0.4) is 0 Å². The van der Waals surface area contributed by atoms with Crippen molar-refractivity contribution in [2.45, 2.75) is 24.7 Å². The first-order chi connectivity index (χ1) is 10.1. The van der Waals surface area contributed by atoms with Crippen LogP contribution in [0.1, 0.15) is 23.0 Å². The third-order valence-electron chi connectivity index (χ3n) is 3.65. The zero-order chi connectivity index (χ0) is 16.7. The number of anilines is 1. The molecule has 0 unspecified atom stereocenters. The second kappa shape index (κ2) is 5.95. The number of nitrogen functional groups attached to an aromatic ring is 1. The number of carbonyl (C=O) groups excluding carboxylic acids is 1. The largest absolute Gasteiger partial charge is 0.469 e. The average molecular weight is 336 g/mol. The second-order valence-electron chi connectivity index (χ2n) is 5.08. The van der Waals surface area contributed by atoms with Gasteiger partial charge in [-0.1, -0.05) is 0 Å². The molecule has 1 saturated carbocycles. The van der Waals surface area contributed by atoms with Crippen LogP contribution in [0.5, 0.6) is 0 Å². The van der Waals surface area contributed by atoms with E-state index in [9.17, 15) is 19.6 Å². The van der Waals surface area contributed by atoms with Gasteiger partial charge in [-0.05, 0) is 6.42 Å². The van der Waals surface area contributed by atoms with Gasteiger partial charge in [0.2, 0.25) is 0 Å². The third kappa shape index (κ3) is 3.29. The lowest BCUT2D eigenvalue weighted by molar-refractivity contribution is -0.00389. The number of hydrogen-bond acceptors (Lipinski definition) is 7. The Morgan fingerprint density at radius 3 is 2.59 bits per heavy atom. The first-order valence-corrected chi connectivity index (χ1v) is 7.83. The van der Waals surface area contributed by atoms with Crippen molar-refractivity contribution in [3.63, 3.8) is 0 Å². The number of carbonyl (C=O) groups is 1. The number of imidazole rings is 1. The Morgan fingerprint density at radius 2 is 2.09 bits per heavy atom. The van der Waals surface area contributed by atoms with Gasteiger partial charge < -0.3 is 36.0 Å². The number of hydrogen-bond donors (Lipinski definition) is 6. The summed E-state index contributed by atoms with van der Waals surface area (Å²) in [5.74, 6) is -1.60. The van der Waals surface area contributed by atoms with E-state index < -0.39 is 44.5 Å². The van der Waals surface area contributed by atoms with Gasteiger partial charge in [0, 0.05) is 5.92 Å². The van der Waals surface area contributed by atoms with Crippen molar-refractivity contribution in [3.8, 4) is 0 Å². The Morgan fingerprint density at radius 1 is 1.45 bits per heavy atom. The highest BCUT2D eigenvalue weighted by Gasteiger charge is 2.44. The minimum atomic E-state index is -4.67. The molecule has 1 aromatic heterocycles. The maximum Gasteiger partial charge on any atom is 0.469 e. The molecule has 4 atom stereocenters. The molecule has 124 valence electrons. The lowest BCUT2D eigenvalue weighted by Gasteiger charge is -2.19. The van der Waals surface area contributed by atoms with Gasteiger partial charge in [-0.2, -0.15) is 0 Å². The number of aliphatic hydroxyl groups excluding tert-OH is 2. The summed E-state index contributed by atoms with van der Waals surface area (Å²) >= 11 is 0. The van der Waals surface area contributed by atoms with Crippen molar-refractivity contribution < 1.29 is 33.9 Å². The molecule has 0 aliphatic heterocycles. The van der Waals surface area contributed by atoms with Gasteiger partial charge in [-0.3, -0.25) is 9.32 Å². The van der Waals surface area contributed by atoms with Gasteiger partial charge in [0.1, 0.15) is 11.9 Å². The van der Waals surface area contributed by atoms with E-state index in [2.05, 4.69) is 9.51 Å². The standard InChI is InChI=1S/C10H17N4O7P/c11-9-6(10(12)17)13-3-14(9)5-1-4(7(15)8(5)16)2-21-22(18,19)20/h3-5,7-8,15-16H,1-2,11H2,(H2,12,17)(H2,18,19,20)/t4-,5-,7-,8+/m1/s1. The molecule has 8 N–H and O–H groups in total.